The van der Waals surface area contributed by atoms with Crippen LogP contribution in [0.25, 0.3) is 0 Å². The van der Waals surface area contributed by atoms with Gasteiger partial charge in [-0.25, -0.2) is 0 Å². The van der Waals surface area contributed by atoms with Crippen molar-refractivity contribution in [2.24, 2.45) is 0 Å². The average Bonchev–Trinajstić information content (AvgIpc) is 1.35. The predicted octanol–water partition coefficient (Wildman–Crippen LogP) is 1.40. The lowest BCUT2D eigenvalue weighted by Crippen LogP contribution is -2.19. The van der Waals surface area contributed by atoms with Gasteiger partial charge < -0.3 is 5.11 Å². The van der Waals surface area contributed by atoms with Crippen LogP contribution in [0, 0.1) is 6.23 Å². The van der Waals surface area contributed by atoms with Crippen molar-refractivity contribution in [1.82, 2.24) is 0 Å². The summed E-state index contributed by atoms with van der Waals surface area (Å²) < 4.78 is 0. The largest absolute Gasteiger partial charge is 0.394 e. The van der Waals surface area contributed by atoms with Gasteiger partial charge in [0.15, 0.2) is 0 Å². The first-order chi connectivity index (χ1) is 2.56. The molecule has 1 radical (unpaired) electrons. The molecule has 2 heteroatoms. The molecule has 0 aromatic carbocycles. The van der Waals surface area contributed by atoms with E-state index < -0.39 is 8.07 Å². The van der Waals surface area contributed by atoms with E-state index in [4.69, 9.17) is 5.11 Å². The van der Waals surface area contributed by atoms with Crippen LogP contribution in [0.3, 0.4) is 0 Å². The number of hydrogen-bond donors (Lipinski definition) is 1. The van der Waals surface area contributed by atoms with Gasteiger partial charge in [-0.05, 0) is 0 Å². The summed E-state index contributed by atoms with van der Waals surface area (Å²) in [5.74, 6) is 0. The van der Waals surface area contributed by atoms with Gasteiger partial charge in [0, 0.05) is 0 Å². The van der Waals surface area contributed by atoms with Gasteiger partial charge in [-0.15, -0.1) is 0 Å². The summed E-state index contributed by atoms with van der Waals surface area (Å²) in [5.41, 5.74) is 0. The van der Waals surface area contributed by atoms with Crippen LogP contribution in [0.15, 0.2) is 0 Å². The van der Waals surface area contributed by atoms with Crippen molar-refractivity contribution in [2.45, 2.75) is 19.6 Å². The van der Waals surface area contributed by atoms with Crippen molar-refractivity contribution in [3.8, 4) is 0 Å². The Bertz CT molecular complexity index is 37.3. The topological polar surface area (TPSA) is 20.2 Å². The van der Waals surface area contributed by atoms with Gasteiger partial charge >= 0.3 is 0 Å². The number of aliphatic hydroxyl groups excluding tert-OH is 1. The van der Waals surface area contributed by atoms with Gasteiger partial charge in [-0.1, -0.05) is 19.6 Å². The molecule has 0 heterocycles. The minimum Gasteiger partial charge on any atom is -0.394 e. The molecule has 0 aliphatic carbocycles. The van der Waals surface area contributed by atoms with Gasteiger partial charge in [-0.2, -0.15) is 0 Å². The zero-order valence-electron chi connectivity index (χ0n) is 4.52. The molecule has 0 saturated carbocycles. The Balaban J connectivity index is 3.17. The summed E-state index contributed by atoms with van der Waals surface area (Å²) in [6.07, 6.45) is 1.33. The highest BCUT2D eigenvalue weighted by Gasteiger charge is 2.09. The highest BCUT2D eigenvalue weighted by molar-refractivity contribution is 6.78. The van der Waals surface area contributed by atoms with Gasteiger partial charge in [0.2, 0.25) is 0 Å². The fourth-order valence-electron chi connectivity index (χ4n) is 0. The SMILES string of the molecule is C[Si](C)(C)[CH]O. The third kappa shape index (κ3) is 4.18. The van der Waals surface area contributed by atoms with E-state index in [0.29, 0.717) is 0 Å². The summed E-state index contributed by atoms with van der Waals surface area (Å²) >= 11 is 0. The second kappa shape index (κ2) is 1.75. The molecule has 0 aromatic rings. The highest BCUT2D eigenvalue weighted by atomic mass is 28.3. The van der Waals surface area contributed by atoms with E-state index in [2.05, 4.69) is 19.6 Å². The van der Waals surface area contributed by atoms with Crippen molar-refractivity contribution in [1.29, 1.82) is 0 Å². The molecule has 0 amide bonds. The monoisotopic (exact) mass is 103 g/mol. The molecule has 0 spiro atoms. The molecule has 1 N–H and O–H groups in total. The third-order valence-electron chi connectivity index (χ3n) is 0.387. The van der Waals surface area contributed by atoms with Crippen LogP contribution in [0.4, 0.5) is 0 Å². The predicted molar refractivity (Wildman–Crippen MR) is 29.6 cm³/mol. The average molecular weight is 103 g/mol. The second-order valence-corrected chi connectivity index (χ2v) is 7.49. The molecule has 0 fully saturated rings. The van der Waals surface area contributed by atoms with Crippen molar-refractivity contribution >= 4 is 8.07 Å². The van der Waals surface area contributed by atoms with Crippen molar-refractivity contribution in [3.05, 3.63) is 6.23 Å². The quantitative estimate of drug-likeness (QED) is 0.497. The van der Waals surface area contributed by atoms with Crippen LogP contribution >= 0.6 is 0 Å². The normalized spacial score (nSPS) is 12.0. The Morgan fingerprint density at radius 1 is 1.33 bits per heavy atom. The van der Waals surface area contributed by atoms with E-state index in [9.17, 15) is 0 Å². The molecule has 0 aliphatic heterocycles. The Morgan fingerprint density at radius 3 is 1.50 bits per heavy atom. The van der Waals surface area contributed by atoms with E-state index >= 15 is 0 Å². The third-order valence-corrected chi connectivity index (χ3v) is 1.16. The first-order valence-electron chi connectivity index (χ1n) is 2.05. The lowest BCUT2D eigenvalue weighted by atomic mass is 11.7. The zero-order chi connectivity index (χ0) is 5.21. The molecule has 6 heavy (non-hydrogen) atoms. The maximum atomic E-state index is 8.34. The second-order valence-electron chi connectivity index (χ2n) is 2.50. The lowest BCUT2D eigenvalue weighted by molar-refractivity contribution is 0.433. The lowest BCUT2D eigenvalue weighted by Gasteiger charge is -2.07. The Morgan fingerprint density at radius 2 is 1.50 bits per heavy atom. The van der Waals surface area contributed by atoms with Crippen LogP contribution < -0.4 is 0 Å². The first kappa shape index (κ1) is 6.18. The zero-order valence-corrected chi connectivity index (χ0v) is 5.52. The van der Waals surface area contributed by atoms with Gasteiger partial charge in [0.05, 0.1) is 14.3 Å². The van der Waals surface area contributed by atoms with Crippen LogP contribution in [-0.4, -0.2) is 13.2 Å². The maximum Gasteiger partial charge on any atom is 0.0811 e. The molecule has 0 aliphatic rings. The minimum atomic E-state index is -1.20. The van der Waals surface area contributed by atoms with Crippen LogP contribution in [0.2, 0.25) is 19.6 Å². The molecule has 0 atom stereocenters. The molecule has 0 bridgehead atoms. The summed E-state index contributed by atoms with van der Waals surface area (Å²) in [4.78, 5) is 0. The highest BCUT2D eigenvalue weighted by Crippen LogP contribution is 1.99. The van der Waals surface area contributed by atoms with Crippen LogP contribution in [0.1, 0.15) is 0 Å². The fourth-order valence-corrected chi connectivity index (χ4v) is 0. The molecule has 1 nitrogen and oxygen atoms in total. The molecule has 0 saturated heterocycles. The standard InChI is InChI=1S/C4H11OSi/c1-6(2,3)4-5/h4-5H,1-3H3. The van der Waals surface area contributed by atoms with Crippen LogP contribution in [-0.2, 0) is 0 Å². The molecular formula is C4H11OSi. The number of aliphatic hydroxyl groups is 1. The Labute approximate surface area is 40.0 Å². The molecule has 0 aromatic heterocycles. The van der Waals surface area contributed by atoms with E-state index in [1.165, 1.54) is 6.23 Å². The number of hydrogen-bond acceptors (Lipinski definition) is 1. The van der Waals surface area contributed by atoms with Crippen molar-refractivity contribution in [3.63, 3.8) is 0 Å². The Kier molecular flexibility index (Phi) is 1.81. The van der Waals surface area contributed by atoms with E-state index in [1.54, 1.807) is 0 Å². The first-order valence-corrected chi connectivity index (χ1v) is 5.62. The summed E-state index contributed by atoms with van der Waals surface area (Å²) in [6.45, 7) is 6.23. The fraction of sp³-hybridized carbons (Fsp3) is 0.750. The van der Waals surface area contributed by atoms with Gasteiger partial charge in [0.25, 0.3) is 0 Å². The molecular weight excluding hydrogens is 92.1 g/mol. The molecule has 0 unspecified atom stereocenters. The van der Waals surface area contributed by atoms with Gasteiger partial charge in [-0.3, -0.25) is 0 Å². The van der Waals surface area contributed by atoms with E-state index in [1.807, 2.05) is 0 Å². The van der Waals surface area contributed by atoms with Gasteiger partial charge in [0.1, 0.15) is 0 Å². The van der Waals surface area contributed by atoms with Crippen molar-refractivity contribution in [2.75, 3.05) is 0 Å². The minimum absolute atomic E-state index is 1.20. The van der Waals surface area contributed by atoms with Crippen molar-refractivity contribution < 1.29 is 5.11 Å². The smallest absolute Gasteiger partial charge is 0.0811 e. The summed E-state index contributed by atoms with van der Waals surface area (Å²) in [5, 5.41) is 8.34. The van der Waals surface area contributed by atoms with E-state index in [0.717, 1.165) is 0 Å². The van der Waals surface area contributed by atoms with Crippen LogP contribution in [0.5, 0.6) is 0 Å². The van der Waals surface area contributed by atoms with E-state index in [-0.39, 0.29) is 0 Å². The summed E-state index contributed by atoms with van der Waals surface area (Å²) in [7, 11) is -1.20. The molecule has 0 rings (SSSR count). The number of rotatable bonds is 1. The molecule has 37 valence electrons. The Hall–Kier alpha value is 0.177. The maximum absolute atomic E-state index is 8.34. The summed E-state index contributed by atoms with van der Waals surface area (Å²) in [6, 6.07) is 0.